The number of nitro groups is 1. The normalized spacial score (nSPS) is 11.7. The molecule has 2 rings (SSSR count). The number of nitrogens with zero attached hydrogens (tertiary/aromatic N) is 3. The summed E-state index contributed by atoms with van der Waals surface area (Å²) in [4.78, 5) is 29.9. The third-order valence-corrected chi connectivity index (χ3v) is 3.03. The fourth-order valence-corrected chi connectivity index (χ4v) is 1.85. The first-order chi connectivity index (χ1) is 9.97. The van der Waals surface area contributed by atoms with E-state index in [9.17, 15) is 14.9 Å². The minimum absolute atomic E-state index is 0.0239. The molecule has 0 aliphatic rings. The van der Waals surface area contributed by atoms with Crippen molar-refractivity contribution in [2.75, 3.05) is 5.32 Å². The van der Waals surface area contributed by atoms with Crippen LogP contribution in [0.4, 0.5) is 11.5 Å². The van der Waals surface area contributed by atoms with Gasteiger partial charge in [-0.25, -0.2) is 9.97 Å². The van der Waals surface area contributed by atoms with Crippen molar-refractivity contribution >= 4 is 29.0 Å². The lowest BCUT2D eigenvalue weighted by atomic mass is 10.00. The molecule has 0 radical (unpaired) electrons. The summed E-state index contributed by atoms with van der Waals surface area (Å²) in [6, 6.07) is 7.45. The van der Waals surface area contributed by atoms with Crippen molar-refractivity contribution < 1.29 is 9.72 Å². The van der Waals surface area contributed by atoms with Crippen LogP contribution in [0.1, 0.15) is 18.4 Å². The highest BCUT2D eigenvalue weighted by Gasteiger charge is 2.18. The summed E-state index contributed by atoms with van der Waals surface area (Å²) in [5, 5.41) is 13.4. The van der Waals surface area contributed by atoms with Gasteiger partial charge in [0.05, 0.1) is 10.8 Å². The molecule has 0 spiro atoms. The number of aromatic nitrogens is 2. The van der Waals surface area contributed by atoms with Gasteiger partial charge in [-0.05, 0) is 30.2 Å². The highest BCUT2D eigenvalue weighted by atomic mass is 35.5. The van der Waals surface area contributed by atoms with Gasteiger partial charge in [0.15, 0.2) is 0 Å². The fraction of sp³-hybridized carbons (Fsp3) is 0.154. The molecule has 1 aromatic carbocycles. The molecule has 0 fully saturated rings. The van der Waals surface area contributed by atoms with Crippen LogP contribution in [0.5, 0.6) is 0 Å². The molecule has 0 aliphatic heterocycles. The van der Waals surface area contributed by atoms with Crippen molar-refractivity contribution in [3.8, 4) is 0 Å². The number of hydrogen-bond donors (Lipinski definition) is 1. The van der Waals surface area contributed by atoms with Crippen LogP contribution in [0.15, 0.2) is 36.5 Å². The van der Waals surface area contributed by atoms with E-state index in [2.05, 4.69) is 15.3 Å². The number of nitro benzene ring substituents is 1. The van der Waals surface area contributed by atoms with E-state index in [0.29, 0.717) is 5.56 Å². The van der Waals surface area contributed by atoms with Crippen molar-refractivity contribution in [2.45, 2.75) is 12.8 Å². The number of amides is 1. The lowest BCUT2D eigenvalue weighted by molar-refractivity contribution is -0.384. The third kappa shape index (κ3) is 3.73. The Morgan fingerprint density at radius 3 is 2.86 bits per heavy atom. The Bertz CT molecular complexity index is 693. The largest absolute Gasteiger partial charge is 0.310 e. The molecule has 1 atom stereocenters. The summed E-state index contributed by atoms with van der Waals surface area (Å²) in [5.41, 5.74) is 0.485. The predicted molar refractivity (Wildman–Crippen MR) is 77.2 cm³/mol. The molecule has 1 unspecified atom stereocenters. The lowest BCUT2D eigenvalue weighted by Crippen LogP contribution is -2.19. The van der Waals surface area contributed by atoms with Crippen LogP contribution in [0.25, 0.3) is 0 Å². The number of nitrogens with one attached hydrogen (secondary N) is 1. The Labute approximate surface area is 125 Å². The Morgan fingerprint density at radius 1 is 1.43 bits per heavy atom. The first kappa shape index (κ1) is 14.9. The van der Waals surface area contributed by atoms with Crippen LogP contribution >= 0.6 is 11.6 Å². The molecule has 21 heavy (non-hydrogen) atoms. The molecule has 7 nitrogen and oxygen atoms in total. The van der Waals surface area contributed by atoms with Crippen molar-refractivity contribution in [1.29, 1.82) is 0 Å². The average molecular weight is 307 g/mol. The van der Waals surface area contributed by atoms with Gasteiger partial charge in [-0.2, -0.15) is 0 Å². The predicted octanol–water partition coefficient (Wildman–Crippen LogP) is 2.78. The molecular formula is C13H11ClN4O3. The molecule has 2 aromatic rings. The number of non-ortho nitro benzene ring substituents is 1. The molecule has 0 aliphatic carbocycles. The molecule has 108 valence electrons. The van der Waals surface area contributed by atoms with Crippen LogP contribution < -0.4 is 5.32 Å². The van der Waals surface area contributed by atoms with Gasteiger partial charge in [-0.3, -0.25) is 14.9 Å². The average Bonchev–Trinajstić information content (AvgIpc) is 2.46. The first-order valence-corrected chi connectivity index (χ1v) is 6.39. The molecular weight excluding hydrogens is 296 g/mol. The van der Waals surface area contributed by atoms with E-state index >= 15 is 0 Å². The van der Waals surface area contributed by atoms with Gasteiger partial charge in [-0.15, -0.1) is 0 Å². The Kier molecular flexibility index (Phi) is 4.44. The summed E-state index contributed by atoms with van der Waals surface area (Å²) in [6.45, 7) is 1.65. The second-order valence-corrected chi connectivity index (χ2v) is 4.61. The first-order valence-electron chi connectivity index (χ1n) is 6.01. The topological polar surface area (TPSA) is 98.0 Å². The van der Waals surface area contributed by atoms with Gasteiger partial charge < -0.3 is 5.32 Å². The summed E-state index contributed by atoms with van der Waals surface area (Å²) in [7, 11) is 0. The van der Waals surface area contributed by atoms with Gasteiger partial charge in [0.25, 0.3) is 5.69 Å². The Hall–Kier alpha value is -2.54. The zero-order valence-electron chi connectivity index (χ0n) is 11.0. The zero-order chi connectivity index (χ0) is 15.4. The number of carbonyl (C=O) groups excluding carboxylic acids is 1. The maximum Gasteiger partial charge on any atom is 0.269 e. The van der Waals surface area contributed by atoms with Crippen molar-refractivity contribution in [3.63, 3.8) is 0 Å². The van der Waals surface area contributed by atoms with E-state index in [1.54, 1.807) is 19.1 Å². The van der Waals surface area contributed by atoms with E-state index in [1.807, 2.05) is 0 Å². The highest BCUT2D eigenvalue weighted by molar-refractivity contribution is 6.28. The van der Waals surface area contributed by atoms with Crippen LogP contribution in [-0.2, 0) is 4.79 Å². The van der Waals surface area contributed by atoms with Crippen molar-refractivity contribution in [3.05, 3.63) is 57.5 Å². The highest BCUT2D eigenvalue weighted by Crippen LogP contribution is 2.22. The van der Waals surface area contributed by atoms with E-state index in [1.165, 1.54) is 24.4 Å². The monoisotopic (exact) mass is 306 g/mol. The number of rotatable bonds is 4. The van der Waals surface area contributed by atoms with Gasteiger partial charge >= 0.3 is 0 Å². The molecule has 1 N–H and O–H groups in total. The van der Waals surface area contributed by atoms with Crippen LogP contribution in [0, 0.1) is 10.1 Å². The fourth-order valence-electron chi connectivity index (χ4n) is 1.70. The summed E-state index contributed by atoms with van der Waals surface area (Å²) in [6.07, 6.45) is 1.42. The van der Waals surface area contributed by atoms with Crippen LogP contribution in [0.2, 0.25) is 5.28 Å². The molecule has 0 saturated heterocycles. The summed E-state index contributed by atoms with van der Waals surface area (Å²) >= 11 is 5.63. The number of hydrogen-bond acceptors (Lipinski definition) is 5. The molecule has 1 heterocycles. The molecule has 1 aromatic heterocycles. The van der Waals surface area contributed by atoms with Crippen LogP contribution in [-0.4, -0.2) is 20.8 Å². The van der Waals surface area contributed by atoms with Crippen molar-refractivity contribution in [2.24, 2.45) is 0 Å². The maximum atomic E-state index is 12.1. The quantitative estimate of drug-likeness (QED) is 0.532. The molecule has 1 amide bonds. The van der Waals surface area contributed by atoms with Crippen LogP contribution in [0.3, 0.4) is 0 Å². The zero-order valence-corrected chi connectivity index (χ0v) is 11.7. The number of carbonyl (C=O) groups is 1. The van der Waals surface area contributed by atoms with E-state index in [-0.39, 0.29) is 22.7 Å². The van der Waals surface area contributed by atoms with Gasteiger partial charge in [0.2, 0.25) is 11.2 Å². The Morgan fingerprint density at radius 2 is 2.19 bits per heavy atom. The van der Waals surface area contributed by atoms with Gasteiger partial charge in [0.1, 0.15) is 5.82 Å². The lowest BCUT2D eigenvalue weighted by Gasteiger charge is -2.11. The standard InChI is InChI=1S/C13H11ClN4O3/c1-8(9-3-2-4-10(7-9)18(20)21)12(19)16-11-5-6-15-13(14)17-11/h2-8H,1H3,(H,15,16,17,19). The molecule has 0 bridgehead atoms. The van der Waals surface area contributed by atoms with Gasteiger partial charge in [-0.1, -0.05) is 12.1 Å². The second-order valence-electron chi connectivity index (χ2n) is 4.27. The Balaban J connectivity index is 2.15. The second kappa shape index (κ2) is 6.27. The van der Waals surface area contributed by atoms with E-state index < -0.39 is 10.8 Å². The number of anilines is 1. The SMILES string of the molecule is CC(C(=O)Nc1ccnc(Cl)n1)c1cccc([N+](=O)[O-])c1. The van der Waals surface area contributed by atoms with Gasteiger partial charge in [0, 0.05) is 18.3 Å². The summed E-state index contributed by atoms with van der Waals surface area (Å²) < 4.78 is 0. The van der Waals surface area contributed by atoms with E-state index in [4.69, 9.17) is 11.6 Å². The summed E-state index contributed by atoms with van der Waals surface area (Å²) in [5.74, 6) is -0.638. The number of benzene rings is 1. The molecule has 0 saturated carbocycles. The van der Waals surface area contributed by atoms with E-state index in [0.717, 1.165) is 0 Å². The minimum atomic E-state index is -0.571. The molecule has 8 heteroatoms. The third-order valence-electron chi connectivity index (χ3n) is 2.85. The maximum absolute atomic E-state index is 12.1. The van der Waals surface area contributed by atoms with Crippen molar-refractivity contribution in [1.82, 2.24) is 9.97 Å². The smallest absolute Gasteiger partial charge is 0.269 e. The minimum Gasteiger partial charge on any atom is -0.310 e. The number of halogens is 1.